The molecule has 0 saturated heterocycles. The number of benzene rings is 2. The molecular weight excluding hydrogens is 375 g/mol. The number of carbonyl (C=O) groups is 1. The van der Waals surface area contributed by atoms with E-state index in [1.54, 1.807) is 13.0 Å². The second-order valence-corrected chi connectivity index (χ2v) is 7.55. The second-order valence-electron chi connectivity index (χ2n) is 5.72. The molecule has 0 radical (unpaired) electrons. The number of nitrogens with one attached hydrogen (secondary N) is 1. The van der Waals surface area contributed by atoms with Crippen molar-refractivity contribution in [3.63, 3.8) is 0 Å². The molecule has 2 N–H and O–H groups in total. The Balaban J connectivity index is 2.52. The molecule has 0 aliphatic heterocycles. The van der Waals surface area contributed by atoms with Gasteiger partial charge < -0.3 is 15.2 Å². The molecule has 7 nitrogen and oxygen atoms in total. The van der Waals surface area contributed by atoms with E-state index in [-0.39, 0.29) is 29.5 Å². The molecule has 9 heteroatoms. The summed E-state index contributed by atoms with van der Waals surface area (Å²) in [5.41, 5.74) is 0.817. The van der Waals surface area contributed by atoms with E-state index in [1.807, 2.05) is 0 Å². The lowest BCUT2D eigenvalue weighted by Crippen LogP contribution is -2.41. The summed E-state index contributed by atoms with van der Waals surface area (Å²) in [7, 11) is -2.84. The first-order valence-electron chi connectivity index (χ1n) is 8.10. The Morgan fingerprint density at radius 2 is 1.89 bits per heavy atom. The van der Waals surface area contributed by atoms with Gasteiger partial charge in [0.25, 0.3) is 10.0 Å². The summed E-state index contributed by atoms with van der Waals surface area (Å²) >= 11 is 0. The Labute approximate surface area is 157 Å². The number of anilines is 1. The fourth-order valence-electron chi connectivity index (χ4n) is 2.41. The van der Waals surface area contributed by atoms with E-state index in [1.165, 1.54) is 31.4 Å². The van der Waals surface area contributed by atoms with Crippen LogP contribution < -0.4 is 14.4 Å². The van der Waals surface area contributed by atoms with Crippen LogP contribution in [0.1, 0.15) is 5.56 Å². The van der Waals surface area contributed by atoms with Gasteiger partial charge in [-0.3, -0.25) is 9.10 Å². The summed E-state index contributed by atoms with van der Waals surface area (Å²) in [6, 6.07) is 9.43. The van der Waals surface area contributed by atoms with E-state index < -0.39 is 28.3 Å². The van der Waals surface area contributed by atoms with Gasteiger partial charge >= 0.3 is 0 Å². The lowest BCUT2D eigenvalue weighted by Gasteiger charge is -2.25. The molecule has 0 saturated carbocycles. The third kappa shape index (κ3) is 4.95. The van der Waals surface area contributed by atoms with Crippen molar-refractivity contribution in [2.75, 3.05) is 31.1 Å². The standard InChI is InChI=1S/C18H21FN2O5S/c1-13-3-8-16(26-2)17(11-13)27(24,25)21(12-18(23)20-9-10-22)15-6-4-14(19)5-7-15/h3-8,11,22H,9-10,12H2,1-2H3,(H,20,23). The third-order valence-electron chi connectivity index (χ3n) is 3.72. The van der Waals surface area contributed by atoms with Gasteiger partial charge in [-0.1, -0.05) is 6.07 Å². The topological polar surface area (TPSA) is 95.9 Å². The van der Waals surface area contributed by atoms with Crippen molar-refractivity contribution in [1.29, 1.82) is 0 Å². The van der Waals surface area contributed by atoms with Crippen molar-refractivity contribution in [2.24, 2.45) is 0 Å². The van der Waals surface area contributed by atoms with Crippen LogP contribution in [0, 0.1) is 12.7 Å². The van der Waals surface area contributed by atoms with Crippen molar-refractivity contribution >= 4 is 21.6 Å². The zero-order chi connectivity index (χ0) is 20.0. The van der Waals surface area contributed by atoms with Gasteiger partial charge in [-0.25, -0.2) is 12.8 Å². The van der Waals surface area contributed by atoms with Crippen LogP contribution in [0.2, 0.25) is 0 Å². The number of hydrogen-bond acceptors (Lipinski definition) is 5. The largest absolute Gasteiger partial charge is 0.495 e. The molecule has 1 amide bonds. The summed E-state index contributed by atoms with van der Waals surface area (Å²) in [4.78, 5) is 12.0. The maximum atomic E-state index is 13.3. The number of sulfonamides is 1. The van der Waals surface area contributed by atoms with Gasteiger partial charge in [-0.15, -0.1) is 0 Å². The Hall–Kier alpha value is -2.65. The van der Waals surface area contributed by atoms with Crippen molar-refractivity contribution in [2.45, 2.75) is 11.8 Å². The minimum Gasteiger partial charge on any atom is -0.495 e. The van der Waals surface area contributed by atoms with Gasteiger partial charge in [-0.2, -0.15) is 0 Å². The predicted molar refractivity (Wildman–Crippen MR) is 98.8 cm³/mol. The summed E-state index contributed by atoms with van der Waals surface area (Å²) in [6.07, 6.45) is 0. The lowest BCUT2D eigenvalue weighted by molar-refractivity contribution is -0.119. The van der Waals surface area contributed by atoms with Crippen LogP contribution >= 0.6 is 0 Å². The number of rotatable bonds is 8. The highest BCUT2D eigenvalue weighted by atomic mass is 32.2. The Kier molecular flexibility index (Phi) is 6.75. The Morgan fingerprint density at radius 1 is 1.22 bits per heavy atom. The zero-order valence-corrected chi connectivity index (χ0v) is 15.8. The molecule has 0 spiro atoms. The maximum absolute atomic E-state index is 13.3. The minimum atomic E-state index is -4.19. The predicted octanol–water partition coefficient (Wildman–Crippen LogP) is 1.45. The highest BCUT2D eigenvalue weighted by Gasteiger charge is 2.30. The first-order chi connectivity index (χ1) is 12.8. The molecule has 0 heterocycles. The number of aryl methyl sites for hydroxylation is 1. The number of nitrogens with zero attached hydrogens (tertiary/aromatic N) is 1. The van der Waals surface area contributed by atoms with Crippen molar-refractivity contribution in [3.8, 4) is 5.75 Å². The van der Waals surface area contributed by atoms with Gasteiger partial charge in [0.15, 0.2) is 0 Å². The van der Waals surface area contributed by atoms with Crippen molar-refractivity contribution in [1.82, 2.24) is 5.32 Å². The zero-order valence-electron chi connectivity index (χ0n) is 15.0. The monoisotopic (exact) mass is 396 g/mol. The van der Waals surface area contributed by atoms with E-state index in [0.717, 1.165) is 16.4 Å². The summed E-state index contributed by atoms with van der Waals surface area (Å²) < 4.78 is 45.9. The molecule has 0 atom stereocenters. The van der Waals surface area contributed by atoms with Gasteiger partial charge in [0.1, 0.15) is 23.0 Å². The van der Waals surface area contributed by atoms with Crippen molar-refractivity contribution < 1.29 is 27.4 Å². The molecule has 0 aliphatic rings. The van der Waals surface area contributed by atoms with E-state index in [0.29, 0.717) is 5.56 Å². The summed E-state index contributed by atoms with van der Waals surface area (Å²) in [5.74, 6) is -1.01. The number of hydrogen-bond donors (Lipinski definition) is 2. The van der Waals surface area contributed by atoms with Crippen LogP contribution in [0.3, 0.4) is 0 Å². The number of methoxy groups -OCH3 is 1. The summed E-state index contributed by atoms with van der Waals surface area (Å²) in [6.45, 7) is 0.907. The number of amides is 1. The number of aliphatic hydroxyl groups excluding tert-OH is 1. The van der Waals surface area contributed by atoms with Crippen LogP contribution in [0.25, 0.3) is 0 Å². The Bertz CT molecular complexity index is 900. The molecule has 0 fully saturated rings. The normalized spacial score (nSPS) is 11.1. The lowest BCUT2D eigenvalue weighted by atomic mass is 10.2. The molecule has 0 aliphatic carbocycles. The first kappa shape index (κ1) is 20.7. The van der Waals surface area contributed by atoms with Crippen molar-refractivity contribution in [3.05, 3.63) is 53.8 Å². The van der Waals surface area contributed by atoms with Gasteiger partial charge in [0, 0.05) is 6.54 Å². The smallest absolute Gasteiger partial charge is 0.268 e. The number of ether oxygens (including phenoxy) is 1. The van der Waals surface area contributed by atoms with Gasteiger partial charge in [-0.05, 0) is 48.9 Å². The summed E-state index contributed by atoms with van der Waals surface area (Å²) in [5, 5.41) is 11.2. The van der Waals surface area contributed by atoms with E-state index in [2.05, 4.69) is 5.32 Å². The first-order valence-corrected chi connectivity index (χ1v) is 9.54. The fourth-order valence-corrected chi connectivity index (χ4v) is 4.07. The average molecular weight is 396 g/mol. The van der Waals surface area contributed by atoms with E-state index >= 15 is 0 Å². The molecule has 146 valence electrons. The molecule has 2 rings (SSSR count). The molecule has 0 aromatic heterocycles. The van der Waals surface area contributed by atoms with Gasteiger partial charge in [0.2, 0.25) is 5.91 Å². The fraction of sp³-hybridized carbons (Fsp3) is 0.278. The molecule has 27 heavy (non-hydrogen) atoms. The van der Waals surface area contributed by atoms with Crippen LogP contribution in [0.5, 0.6) is 5.75 Å². The molecule has 2 aromatic carbocycles. The molecule has 0 bridgehead atoms. The van der Waals surface area contributed by atoms with E-state index in [9.17, 15) is 17.6 Å². The molecule has 0 unspecified atom stereocenters. The minimum absolute atomic E-state index is 0.0100. The average Bonchev–Trinajstić information content (AvgIpc) is 2.65. The van der Waals surface area contributed by atoms with E-state index in [4.69, 9.17) is 9.84 Å². The van der Waals surface area contributed by atoms with Crippen LogP contribution in [0.15, 0.2) is 47.4 Å². The SMILES string of the molecule is COc1ccc(C)cc1S(=O)(=O)N(CC(=O)NCCO)c1ccc(F)cc1. The molecular formula is C18H21FN2O5S. The maximum Gasteiger partial charge on any atom is 0.268 e. The Morgan fingerprint density at radius 3 is 2.48 bits per heavy atom. The van der Waals surface area contributed by atoms with Crippen LogP contribution in [-0.4, -0.2) is 46.2 Å². The highest BCUT2D eigenvalue weighted by molar-refractivity contribution is 7.93. The van der Waals surface area contributed by atoms with Crippen LogP contribution in [0.4, 0.5) is 10.1 Å². The second kappa shape index (κ2) is 8.83. The highest BCUT2D eigenvalue weighted by Crippen LogP contribution is 2.30. The van der Waals surface area contributed by atoms with Crippen LogP contribution in [-0.2, 0) is 14.8 Å². The number of aliphatic hydroxyl groups is 1. The molecule has 2 aromatic rings. The number of halogens is 1. The quantitative estimate of drug-likeness (QED) is 0.704. The third-order valence-corrected chi connectivity index (χ3v) is 5.52. The number of carbonyl (C=O) groups excluding carboxylic acids is 1. The van der Waals surface area contributed by atoms with Gasteiger partial charge in [0.05, 0.1) is 19.4 Å².